The summed E-state index contributed by atoms with van der Waals surface area (Å²) in [6.45, 7) is 3.70. The van der Waals surface area contributed by atoms with Crippen LogP contribution in [-0.4, -0.2) is 29.5 Å². The van der Waals surface area contributed by atoms with Crippen molar-refractivity contribution in [1.82, 2.24) is 10.2 Å². The molecule has 1 aliphatic heterocycles. The first-order valence-electron chi connectivity index (χ1n) is 10.2. The molecular weight excluding hydrogens is 396 g/mol. The van der Waals surface area contributed by atoms with Gasteiger partial charge in [-0.1, -0.05) is 37.3 Å². The third-order valence-corrected chi connectivity index (χ3v) is 5.71. The number of carbonyl (C=O) groups is 2. The van der Waals surface area contributed by atoms with Crippen LogP contribution in [0.3, 0.4) is 0 Å². The molecule has 1 aromatic heterocycles. The van der Waals surface area contributed by atoms with Gasteiger partial charge in [-0.05, 0) is 42.2 Å². The summed E-state index contributed by atoms with van der Waals surface area (Å²) < 4.78 is 10.7. The second-order valence-corrected chi connectivity index (χ2v) is 7.92. The first-order valence-corrected chi connectivity index (χ1v) is 10.2. The summed E-state index contributed by atoms with van der Waals surface area (Å²) in [5, 5.41) is 3.52. The molecule has 1 aliphatic rings. The van der Waals surface area contributed by atoms with Crippen LogP contribution in [0.15, 0.2) is 57.7 Å². The number of nitrogens with one attached hydrogen (secondary N) is 1. The van der Waals surface area contributed by atoms with Crippen LogP contribution in [0.2, 0.25) is 0 Å². The summed E-state index contributed by atoms with van der Waals surface area (Å²) in [5.41, 5.74) is 1.24. The van der Waals surface area contributed by atoms with Gasteiger partial charge in [-0.3, -0.25) is 9.69 Å². The molecule has 1 fully saturated rings. The number of nitrogens with zero attached hydrogens (tertiary/aromatic N) is 1. The largest absolute Gasteiger partial charge is 0.496 e. The summed E-state index contributed by atoms with van der Waals surface area (Å²) in [7, 11) is 1.57. The minimum atomic E-state index is -1.11. The molecule has 7 heteroatoms. The number of hydrogen-bond acceptors (Lipinski definition) is 5. The number of para-hydroxylation sites is 1. The number of imide groups is 1. The number of amides is 3. The highest BCUT2D eigenvalue weighted by Gasteiger charge is 2.48. The Morgan fingerprint density at radius 2 is 1.84 bits per heavy atom. The quantitative estimate of drug-likeness (QED) is 0.488. The molecule has 31 heavy (non-hydrogen) atoms. The van der Waals surface area contributed by atoms with Crippen molar-refractivity contribution in [3.8, 4) is 5.75 Å². The van der Waals surface area contributed by atoms with Crippen LogP contribution in [0.4, 0.5) is 4.79 Å². The third-order valence-electron chi connectivity index (χ3n) is 5.71. The lowest BCUT2D eigenvalue weighted by atomic mass is 9.92. The second kappa shape index (κ2) is 7.91. The number of benzene rings is 2. The van der Waals surface area contributed by atoms with E-state index in [4.69, 9.17) is 9.15 Å². The SMILES string of the molecule is CCc1ccc2c(CN3C(=O)N[C@](C)(Cc4ccccc4OC)C3=O)cc(=O)oc2c1. The fourth-order valence-corrected chi connectivity index (χ4v) is 4.04. The van der Waals surface area contributed by atoms with Crippen LogP contribution in [0.5, 0.6) is 5.75 Å². The van der Waals surface area contributed by atoms with Gasteiger partial charge in [0.15, 0.2) is 0 Å². The van der Waals surface area contributed by atoms with E-state index in [2.05, 4.69) is 5.32 Å². The van der Waals surface area contributed by atoms with E-state index in [1.54, 1.807) is 14.0 Å². The third kappa shape index (κ3) is 3.79. The minimum absolute atomic E-state index is 0.0141. The summed E-state index contributed by atoms with van der Waals surface area (Å²) >= 11 is 0. The van der Waals surface area contributed by atoms with Crippen molar-refractivity contribution in [1.29, 1.82) is 0 Å². The van der Waals surface area contributed by atoms with Crippen LogP contribution in [0.25, 0.3) is 11.0 Å². The molecule has 1 N–H and O–H groups in total. The lowest BCUT2D eigenvalue weighted by Gasteiger charge is -2.23. The monoisotopic (exact) mass is 420 g/mol. The van der Waals surface area contributed by atoms with E-state index in [9.17, 15) is 14.4 Å². The van der Waals surface area contributed by atoms with Crippen molar-refractivity contribution in [3.63, 3.8) is 0 Å². The molecule has 0 radical (unpaired) electrons. The van der Waals surface area contributed by atoms with Crippen molar-refractivity contribution in [2.24, 2.45) is 0 Å². The maximum atomic E-state index is 13.3. The van der Waals surface area contributed by atoms with Crippen LogP contribution in [0, 0.1) is 0 Å². The molecule has 3 aromatic rings. The lowest BCUT2D eigenvalue weighted by Crippen LogP contribution is -2.46. The fourth-order valence-electron chi connectivity index (χ4n) is 4.04. The van der Waals surface area contributed by atoms with Gasteiger partial charge < -0.3 is 14.5 Å². The molecular formula is C24H24N2O5. The Bertz CT molecular complexity index is 1230. The van der Waals surface area contributed by atoms with Crippen molar-refractivity contribution in [3.05, 3.63) is 75.6 Å². The lowest BCUT2D eigenvalue weighted by molar-refractivity contribution is -0.131. The van der Waals surface area contributed by atoms with Crippen LogP contribution in [0.1, 0.15) is 30.5 Å². The predicted octanol–water partition coefficient (Wildman–Crippen LogP) is 3.42. The van der Waals surface area contributed by atoms with Gasteiger partial charge in [-0.25, -0.2) is 9.59 Å². The van der Waals surface area contributed by atoms with E-state index in [1.807, 2.05) is 49.4 Å². The number of hydrogen-bond donors (Lipinski definition) is 1. The number of aryl methyl sites for hydroxylation is 1. The predicted molar refractivity (Wildman–Crippen MR) is 116 cm³/mol. The van der Waals surface area contributed by atoms with Crippen LogP contribution >= 0.6 is 0 Å². The molecule has 1 saturated heterocycles. The average molecular weight is 420 g/mol. The molecule has 0 spiro atoms. The van der Waals surface area contributed by atoms with Gasteiger partial charge in [0, 0.05) is 17.9 Å². The number of fused-ring (bicyclic) bond motifs is 1. The van der Waals surface area contributed by atoms with E-state index in [0.29, 0.717) is 22.3 Å². The topological polar surface area (TPSA) is 88.9 Å². The molecule has 0 bridgehead atoms. The molecule has 2 heterocycles. The zero-order valence-corrected chi connectivity index (χ0v) is 17.7. The summed E-state index contributed by atoms with van der Waals surface area (Å²) in [6, 6.07) is 13.9. The van der Waals surface area contributed by atoms with Gasteiger partial charge in [0.1, 0.15) is 16.9 Å². The van der Waals surface area contributed by atoms with Gasteiger partial charge in [-0.2, -0.15) is 0 Å². The van der Waals surface area contributed by atoms with E-state index in [1.165, 1.54) is 6.07 Å². The Morgan fingerprint density at radius 3 is 2.58 bits per heavy atom. The highest BCUT2D eigenvalue weighted by Crippen LogP contribution is 2.29. The molecule has 2 aromatic carbocycles. The van der Waals surface area contributed by atoms with Gasteiger partial charge >= 0.3 is 11.7 Å². The van der Waals surface area contributed by atoms with E-state index in [-0.39, 0.29) is 18.9 Å². The van der Waals surface area contributed by atoms with Crippen molar-refractivity contribution >= 4 is 22.9 Å². The molecule has 1 atom stereocenters. The molecule has 4 rings (SSSR count). The molecule has 160 valence electrons. The normalized spacial score (nSPS) is 18.5. The Labute approximate surface area is 179 Å². The molecule has 0 aliphatic carbocycles. The first kappa shape index (κ1) is 20.7. The van der Waals surface area contributed by atoms with Crippen molar-refractivity contribution in [2.75, 3.05) is 7.11 Å². The molecule has 0 saturated carbocycles. The highest BCUT2D eigenvalue weighted by atomic mass is 16.5. The minimum Gasteiger partial charge on any atom is -0.496 e. The maximum absolute atomic E-state index is 13.3. The average Bonchev–Trinajstić information content (AvgIpc) is 2.96. The smallest absolute Gasteiger partial charge is 0.336 e. The first-order chi connectivity index (χ1) is 14.8. The summed E-state index contributed by atoms with van der Waals surface area (Å²) in [5.74, 6) is 0.303. The summed E-state index contributed by atoms with van der Waals surface area (Å²) in [4.78, 5) is 39.2. The molecule has 0 unspecified atom stereocenters. The fraction of sp³-hybridized carbons (Fsp3) is 0.292. The number of urea groups is 1. The Kier molecular flexibility index (Phi) is 5.27. The van der Waals surface area contributed by atoms with Crippen LogP contribution < -0.4 is 15.7 Å². The Balaban J connectivity index is 1.65. The number of ether oxygens (including phenoxy) is 1. The van der Waals surface area contributed by atoms with Crippen molar-refractivity contribution in [2.45, 2.75) is 38.8 Å². The Morgan fingerprint density at radius 1 is 1.06 bits per heavy atom. The standard InChI is InChI=1S/C24H24N2O5/c1-4-15-9-10-18-17(12-21(27)31-20(18)11-15)14-26-22(28)24(2,25-23(26)29)13-16-7-5-6-8-19(16)30-3/h5-12H,4,13-14H2,1-3H3,(H,25,29)/t24-/m1/s1. The molecule has 7 nitrogen and oxygen atoms in total. The van der Waals surface area contributed by atoms with Gasteiger partial charge in [0.05, 0.1) is 13.7 Å². The highest BCUT2D eigenvalue weighted by molar-refractivity contribution is 6.07. The van der Waals surface area contributed by atoms with E-state index in [0.717, 1.165) is 22.4 Å². The number of methoxy groups -OCH3 is 1. The molecule has 3 amide bonds. The van der Waals surface area contributed by atoms with Gasteiger partial charge in [0.2, 0.25) is 0 Å². The van der Waals surface area contributed by atoms with E-state index >= 15 is 0 Å². The van der Waals surface area contributed by atoms with E-state index < -0.39 is 17.2 Å². The summed E-state index contributed by atoms with van der Waals surface area (Å²) in [6.07, 6.45) is 1.09. The van der Waals surface area contributed by atoms with Gasteiger partial charge in [0.25, 0.3) is 5.91 Å². The maximum Gasteiger partial charge on any atom is 0.336 e. The second-order valence-electron chi connectivity index (χ2n) is 7.92. The van der Waals surface area contributed by atoms with Gasteiger partial charge in [-0.15, -0.1) is 0 Å². The zero-order valence-electron chi connectivity index (χ0n) is 17.7. The van der Waals surface area contributed by atoms with Crippen LogP contribution in [-0.2, 0) is 24.2 Å². The number of carbonyl (C=O) groups excluding carboxylic acids is 2. The number of rotatable bonds is 6. The van der Waals surface area contributed by atoms with Crippen molar-refractivity contribution < 1.29 is 18.7 Å². The zero-order chi connectivity index (χ0) is 22.2. The Hall–Kier alpha value is -3.61.